The van der Waals surface area contributed by atoms with Crippen LogP contribution in [-0.4, -0.2) is 39.2 Å². The summed E-state index contributed by atoms with van der Waals surface area (Å²) < 4.78 is 0. The van der Waals surface area contributed by atoms with E-state index in [9.17, 15) is 0 Å². The van der Waals surface area contributed by atoms with Crippen molar-refractivity contribution in [1.29, 1.82) is 0 Å². The highest BCUT2D eigenvalue weighted by molar-refractivity contribution is 6.46. The molecule has 0 aromatic heterocycles. The Hall–Kier alpha value is -0.0931. The first kappa shape index (κ1) is 24.7. The lowest BCUT2D eigenvalue weighted by atomic mass is 15.7. The van der Waals surface area contributed by atoms with E-state index in [1.165, 1.54) is 0 Å². The number of hydrogen-bond donors (Lipinski definition) is 4. The maximum atomic E-state index is 7.33. The van der Waals surface area contributed by atoms with Crippen molar-refractivity contribution in [2.45, 2.75) is 0 Å². The maximum absolute atomic E-state index is 7.33. The predicted molar refractivity (Wildman–Crippen MR) is 24.4 cm³/mol. The molecule has 0 aliphatic carbocycles. The molecular weight excluding hydrogens is 143 g/mol. The summed E-state index contributed by atoms with van der Waals surface area (Å²) in [5.74, 6) is 0. The zero-order valence-corrected chi connectivity index (χ0v) is 4.70. The van der Waals surface area contributed by atoms with Gasteiger partial charge >= 0.3 is 9.05 Å². The van der Waals surface area contributed by atoms with Crippen LogP contribution in [0, 0.1) is 0 Å². The van der Waals surface area contributed by atoms with Crippen LogP contribution in [0.4, 0.5) is 4.70 Å². The largest absolute Gasteiger partial charge is 0.668 e. The Kier molecular flexibility index (Phi) is 21.3. The third kappa shape index (κ3) is 16400. The zero-order valence-electron chi connectivity index (χ0n) is 3.70. The van der Waals surface area contributed by atoms with Gasteiger partial charge in [0, 0.05) is 0 Å². The van der Waals surface area contributed by atoms with Gasteiger partial charge < -0.3 is 30.1 Å². The fourth-order valence-electron chi connectivity index (χ4n) is 0. The molecule has 0 radical (unpaired) electrons. The van der Waals surface area contributed by atoms with E-state index in [-0.39, 0.29) is 15.7 Å². The van der Waals surface area contributed by atoms with Gasteiger partial charge in [-0.1, -0.05) is 0 Å². The third-order valence-corrected chi connectivity index (χ3v) is 0. The highest BCUT2D eigenvalue weighted by Gasteiger charge is 2.22. The SMILES string of the molecule is F.O.O.O[Si](O)(O)O. The first-order valence-corrected chi connectivity index (χ1v) is 2.68. The second-order valence-electron chi connectivity index (χ2n) is 0.600. The van der Waals surface area contributed by atoms with Crippen molar-refractivity contribution in [3.63, 3.8) is 0 Å². The first-order valence-electron chi connectivity index (χ1n) is 0.894. The smallest absolute Gasteiger partial charge is 0.412 e. The van der Waals surface area contributed by atoms with Crippen molar-refractivity contribution in [2.75, 3.05) is 0 Å². The highest BCUT2D eigenvalue weighted by atomic mass is 28.4. The second-order valence-corrected chi connectivity index (χ2v) is 1.80. The van der Waals surface area contributed by atoms with E-state index in [0.29, 0.717) is 0 Å². The van der Waals surface area contributed by atoms with Gasteiger partial charge in [-0.05, 0) is 0 Å². The van der Waals surface area contributed by atoms with E-state index in [0.717, 1.165) is 0 Å². The number of rotatable bonds is 0. The molecule has 0 saturated carbocycles. The molecule has 0 aromatic carbocycles. The van der Waals surface area contributed by atoms with Gasteiger partial charge in [0.05, 0.1) is 0 Å². The molecule has 0 bridgehead atoms. The van der Waals surface area contributed by atoms with Gasteiger partial charge in [-0.2, -0.15) is 0 Å². The van der Waals surface area contributed by atoms with Crippen LogP contribution in [-0.2, 0) is 0 Å². The van der Waals surface area contributed by atoms with Crippen molar-refractivity contribution in [1.82, 2.24) is 0 Å². The van der Waals surface area contributed by atoms with E-state index in [1.807, 2.05) is 0 Å². The summed E-state index contributed by atoms with van der Waals surface area (Å²) in [7, 11) is -4.61. The summed E-state index contributed by atoms with van der Waals surface area (Å²) >= 11 is 0. The molecule has 0 spiro atoms. The van der Waals surface area contributed by atoms with Crippen LogP contribution in [0.3, 0.4) is 0 Å². The minimum absolute atomic E-state index is 0. The quantitative estimate of drug-likeness (QED) is 0.261. The van der Waals surface area contributed by atoms with Crippen LogP contribution in [0.25, 0.3) is 0 Å². The van der Waals surface area contributed by atoms with E-state index >= 15 is 0 Å². The van der Waals surface area contributed by atoms with Gasteiger partial charge in [0.25, 0.3) is 0 Å². The molecule has 0 atom stereocenters. The molecule has 56 valence electrons. The Morgan fingerprint density at radius 1 is 0.750 bits per heavy atom. The standard InChI is InChI=1S/FH.H4O4Si.2H2O/c;1-5(2,3)4;;/h1H;1-4H;2*1H2. The van der Waals surface area contributed by atoms with Crippen LogP contribution < -0.4 is 0 Å². The molecule has 8 N–H and O–H groups in total. The predicted octanol–water partition coefficient (Wildman–Crippen LogP) is -4.11. The number of hydrogen-bond acceptors (Lipinski definition) is 4. The molecule has 0 fully saturated rings. The Labute approximate surface area is 45.1 Å². The lowest BCUT2D eigenvalue weighted by Gasteiger charge is -1.91. The molecule has 0 aromatic rings. The Morgan fingerprint density at radius 3 is 0.750 bits per heavy atom. The first-order chi connectivity index (χ1) is 2.00. The molecular formula is H9FO6Si. The fraction of sp³-hybridized carbons (Fsp3) is 0. The summed E-state index contributed by atoms with van der Waals surface area (Å²) in [6.45, 7) is 0. The summed E-state index contributed by atoms with van der Waals surface area (Å²) in [5, 5.41) is 0. The van der Waals surface area contributed by atoms with Gasteiger partial charge in [0.2, 0.25) is 0 Å². The lowest BCUT2D eigenvalue weighted by molar-refractivity contribution is 0.117. The van der Waals surface area contributed by atoms with Crippen LogP contribution in [0.15, 0.2) is 0 Å². The zero-order chi connectivity index (χ0) is 4.50. The van der Waals surface area contributed by atoms with Crippen molar-refractivity contribution < 1.29 is 34.8 Å². The van der Waals surface area contributed by atoms with Crippen molar-refractivity contribution in [3.05, 3.63) is 0 Å². The number of halogens is 1. The Morgan fingerprint density at radius 2 is 0.750 bits per heavy atom. The minimum atomic E-state index is -4.61. The normalized spacial score (nSPS) is 7.50. The molecule has 0 amide bonds. The van der Waals surface area contributed by atoms with E-state index in [4.69, 9.17) is 19.2 Å². The maximum Gasteiger partial charge on any atom is 0.668 e. The van der Waals surface area contributed by atoms with E-state index in [2.05, 4.69) is 0 Å². The van der Waals surface area contributed by atoms with Gasteiger partial charge in [-0.15, -0.1) is 0 Å². The second kappa shape index (κ2) is 6.91. The molecule has 8 heteroatoms. The summed E-state index contributed by atoms with van der Waals surface area (Å²) in [6.07, 6.45) is 0. The molecule has 0 rings (SSSR count). The van der Waals surface area contributed by atoms with Gasteiger partial charge in [-0.25, -0.2) is 0 Å². The van der Waals surface area contributed by atoms with Gasteiger partial charge in [0.1, 0.15) is 0 Å². The van der Waals surface area contributed by atoms with Gasteiger partial charge in [0.15, 0.2) is 0 Å². The molecule has 8 heavy (non-hydrogen) atoms. The summed E-state index contributed by atoms with van der Waals surface area (Å²) in [5.41, 5.74) is 0. The molecule has 0 aliphatic rings. The molecule has 6 nitrogen and oxygen atoms in total. The molecule has 0 saturated heterocycles. The molecule has 0 heterocycles. The van der Waals surface area contributed by atoms with E-state index in [1.54, 1.807) is 0 Å². The average Bonchev–Trinajstić information content (AvgIpc) is 0.722. The monoisotopic (exact) mass is 152 g/mol. The van der Waals surface area contributed by atoms with Crippen LogP contribution in [0.1, 0.15) is 0 Å². The van der Waals surface area contributed by atoms with Crippen LogP contribution in [0.5, 0.6) is 0 Å². The van der Waals surface area contributed by atoms with Crippen LogP contribution >= 0.6 is 0 Å². The van der Waals surface area contributed by atoms with Crippen molar-refractivity contribution in [3.8, 4) is 0 Å². The van der Waals surface area contributed by atoms with Crippen LogP contribution in [0.2, 0.25) is 0 Å². The van der Waals surface area contributed by atoms with Gasteiger partial charge in [-0.3, -0.25) is 4.70 Å². The van der Waals surface area contributed by atoms with Crippen molar-refractivity contribution >= 4 is 9.05 Å². The Balaban J connectivity index is -0.0000000267. The highest BCUT2D eigenvalue weighted by Crippen LogP contribution is 1.67. The third-order valence-electron chi connectivity index (χ3n) is 0. The molecule has 0 aliphatic heterocycles. The summed E-state index contributed by atoms with van der Waals surface area (Å²) in [4.78, 5) is 29.3. The van der Waals surface area contributed by atoms with E-state index < -0.39 is 9.05 Å². The lowest BCUT2D eigenvalue weighted by Crippen LogP contribution is -2.33. The molecule has 0 unspecified atom stereocenters. The Bertz CT molecular complexity index is 24.0. The topological polar surface area (TPSA) is 144 Å². The summed E-state index contributed by atoms with van der Waals surface area (Å²) in [6, 6.07) is 0. The average molecular weight is 152 g/mol. The fourth-order valence-corrected chi connectivity index (χ4v) is 0. The van der Waals surface area contributed by atoms with Crippen molar-refractivity contribution in [2.24, 2.45) is 0 Å². The minimum Gasteiger partial charge on any atom is -0.412 e.